The van der Waals surface area contributed by atoms with Crippen molar-refractivity contribution >= 4 is 5.96 Å². The topological polar surface area (TPSA) is 54.9 Å². The second kappa shape index (κ2) is 9.86. The molecule has 0 amide bonds. The van der Waals surface area contributed by atoms with Crippen LogP contribution in [0.1, 0.15) is 5.56 Å². The first-order chi connectivity index (χ1) is 9.80. The van der Waals surface area contributed by atoms with E-state index in [0.29, 0.717) is 26.3 Å². The zero-order chi connectivity index (χ0) is 14.6. The summed E-state index contributed by atoms with van der Waals surface area (Å²) in [4.78, 5) is 4.12. The predicted octanol–water partition coefficient (Wildman–Crippen LogP) is 1.56. The number of rotatable bonds is 8. The highest BCUT2D eigenvalue weighted by Gasteiger charge is 1.98. The lowest BCUT2D eigenvalue weighted by atomic mass is 10.2. The third-order valence-corrected chi connectivity index (χ3v) is 2.58. The van der Waals surface area contributed by atoms with Gasteiger partial charge in [-0.3, -0.25) is 4.99 Å². The van der Waals surface area contributed by atoms with Gasteiger partial charge in [-0.25, -0.2) is 0 Å². The maximum atomic E-state index is 5.51. The van der Waals surface area contributed by atoms with Crippen LogP contribution in [0.25, 0.3) is 0 Å². The number of benzene rings is 1. The van der Waals surface area contributed by atoms with Crippen molar-refractivity contribution in [2.45, 2.75) is 6.54 Å². The molecule has 0 aliphatic carbocycles. The van der Waals surface area contributed by atoms with Crippen molar-refractivity contribution in [3.63, 3.8) is 0 Å². The van der Waals surface area contributed by atoms with Crippen LogP contribution in [-0.4, -0.2) is 39.9 Å². The first kappa shape index (κ1) is 16.0. The van der Waals surface area contributed by atoms with E-state index in [0.717, 1.165) is 17.3 Å². The Morgan fingerprint density at radius 2 is 2.00 bits per heavy atom. The molecule has 1 aromatic carbocycles. The van der Waals surface area contributed by atoms with Gasteiger partial charge in [0, 0.05) is 27.2 Å². The van der Waals surface area contributed by atoms with E-state index in [4.69, 9.17) is 9.47 Å². The molecule has 1 rings (SSSR count). The smallest absolute Gasteiger partial charge is 0.191 e. The summed E-state index contributed by atoms with van der Waals surface area (Å²) in [5.74, 6) is 1.60. The molecule has 110 valence electrons. The number of nitrogens with one attached hydrogen (secondary N) is 2. The summed E-state index contributed by atoms with van der Waals surface area (Å²) in [7, 11) is 3.40. The van der Waals surface area contributed by atoms with Gasteiger partial charge in [-0.05, 0) is 17.7 Å². The predicted molar refractivity (Wildman–Crippen MR) is 82.2 cm³/mol. The van der Waals surface area contributed by atoms with Crippen LogP contribution in [0.3, 0.4) is 0 Å². The summed E-state index contributed by atoms with van der Waals surface area (Å²) in [6.45, 7) is 6.20. The van der Waals surface area contributed by atoms with Gasteiger partial charge in [0.2, 0.25) is 0 Å². The van der Waals surface area contributed by atoms with Gasteiger partial charge >= 0.3 is 0 Å². The highest BCUT2D eigenvalue weighted by Crippen LogP contribution is 2.11. The van der Waals surface area contributed by atoms with E-state index in [-0.39, 0.29) is 0 Å². The van der Waals surface area contributed by atoms with Crippen LogP contribution in [0, 0.1) is 0 Å². The van der Waals surface area contributed by atoms with Crippen LogP contribution in [0.4, 0.5) is 0 Å². The number of guanidine groups is 1. The monoisotopic (exact) mass is 277 g/mol. The number of ether oxygens (including phenoxy) is 2. The Balaban J connectivity index is 2.38. The van der Waals surface area contributed by atoms with E-state index in [9.17, 15) is 0 Å². The number of aliphatic imine (C=N–C) groups is 1. The molecule has 2 N–H and O–H groups in total. The SMILES string of the molecule is C=CCNC(=NC)NCc1ccc(OCCOC)cc1. The van der Waals surface area contributed by atoms with Crippen molar-refractivity contribution in [2.24, 2.45) is 4.99 Å². The Morgan fingerprint density at radius 1 is 1.25 bits per heavy atom. The van der Waals surface area contributed by atoms with Crippen molar-refractivity contribution in [3.8, 4) is 5.75 Å². The standard InChI is InChI=1S/C15H23N3O2/c1-4-9-17-15(16-2)18-12-13-5-7-14(8-6-13)20-11-10-19-3/h4-8H,1,9-12H2,2-3H3,(H2,16,17,18). The highest BCUT2D eigenvalue weighted by molar-refractivity contribution is 5.79. The van der Waals surface area contributed by atoms with Gasteiger partial charge in [0.15, 0.2) is 5.96 Å². The number of hydrogen-bond donors (Lipinski definition) is 2. The van der Waals surface area contributed by atoms with Crippen LogP contribution >= 0.6 is 0 Å². The van der Waals surface area contributed by atoms with E-state index in [2.05, 4.69) is 22.2 Å². The zero-order valence-corrected chi connectivity index (χ0v) is 12.2. The molecule has 0 saturated carbocycles. The minimum atomic E-state index is 0.562. The summed E-state index contributed by atoms with van der Waals surface area (Å²) < 4.78 is 10.4. The van der Waals surface area contributed by atoms with E-state index in [1.54, 1.807) is 20.2 Å². The largest absolute Gasteiger partial charge is 0.491 e. The maximum absolute atomic E-state index is 5.51. The number of hydrogen-bond acceptors (Lipinski definition) is 3. The highest BCUT2D eigenvalue weighted by atomic mass is 16.5. The number of methoxy groups -OCH3 is 1. The van der Waals surface area contributed by atoms with E-state index >= 15 is 0 Å². The Labute approximate surface area is 120 Å². The van der Waals surface area contributed by atoms with Crippen LogP contribution in [0.2, 0.25) is 0 Å². The van der Waals surface area contributed by atoms with Crippen molar-refractivity contribution in [2.75, 3.05) is 33.9 Å². The fourth-order valence-electron chi connectivity index (χ4n) is 1.52. The Morgan fingerprint density at radius 3 is 2.60 bits per heavy atom. The molecule has 1 aromatic rings. The summed E-state index contributed by atoms with van der Waals surface area (Å²) in [6.07, 6.45) is 1.79. The molecule has 0 saturated heterocycles. The lowest BCUT2D eigenvalue weighted by molar-refractivity contribution is 0.146. The summed E-state index contributed by atoms with van der Waals surface area (Å²) in [6, 6.07) is 7.95. The van der Waals surface area contributed by atoms with Gasteiger partial charge in [-0.1, -0.05) is 18.2 Å². The minimum absolute atomic E-state index is 0.562. The molecule has 0 aliphatic heterocycles. The molecule has 0 atom stereocenters. The van der Waals surface area contributed by atoms with Crippen LogP contribution in [0.5, 0.6) is 5.75 Å². The molecule has 0 radical (unpaired) electrons. The minimum Gasteiger partial charge on any atom is -0.491 e. The van der Waals surface area contributed by atoms with Crippen LogP contribution < -0.4 is 15.4 Å². The summed E-state index contributed by atoms with van der Waals surface area (Å²) >= 11 is 0. The quantitative estimate of drug-likeness (QED) is 0.328. The third-order valence-electron chi connectivity index (χ3n) is 2.58. The lowest BCUT2D eigenvalue weighted by Crippen LogP contribution is -2.36. The second-order valence-electron chi connectivity index (χ2n) is 4.08. The van der Waals surface area contributed by atoms with Crippen LogP contribution in [0.15, 0.2) is 41.9 Å². The molecule has 0 unspecified atom stereocenters. The molecule has 5 nitrogen and oxygen atoms in total. The first-order valence-electron chi connectivity index (χ1n) is 6.56. The van der Waals surface area contributed by atoms with Gasteiger partial charge in [-0.2, -0.15) is 0 Å². The van der Waals surface area contributed by atoms with Gasteiger partial charge in [0.25, 0.3) is 0 Å². The normalized spacial score (nSPS) is 11.0. The summed E-state index contributed by atoms with van der Waals surface area (Å²) in [5, 5.41) is 6.34. The van der Waals surface area contributed by atoms with Crippen molar-refractivity contribution in [1.29, 1.82) is 0 Å². The summed E-state index contributed by atoms with van der Waals surface area (Å²) in [5.41, 5.74) is 1.16. The molecule has 5 heteroatoms. The average Bonchev–Trinajstić information content (AvgIpc) is 2.49. The third kappa shape index (κ3) is 6.24. The zero-order valence-electron chi connectivity index (χ0n) is 12.2. The van der Waals surface area contributed by atoms with Crippen LogP contribution in [-0.2, 0) is 11.3 Å². The second-order valence-corrected chi connectivity index (χ2v) is 4.08. The number of nitrogens with zero attached hydrogens (tertiary/aromatic N) is 1. The molecular formula is C15H23N3O2. The van der Waals surface area contributed by atoms with E-state index in [1.165, 1.54) is 0 Å². The molecule has 0 aromatic heterocycles. The van der Waals surface area contributed by atoms with Gasteiger partial charge in [0.05, 0.1) is 6.61 Å². The molecule has 0 fully saturated rings. The molecular weight excluding hydrogens is 254 g/mol. The molecule has 0 heterocycles. The van der Waals surface area contributed by atoms with E-state index in [1.807, 2.05) is 24.3 Å². The molecule has 20 heavy (non-hydrogen) atoms. The van der Waals surface area contributed by atoms with Gasteiger partial charge < -0.3 is 20.1 Å². The fraction of sp³-hybridized carbons (Fsp3) is 0.400. The van der Waals surface area contributed by atoms with Crippen molar-refractivity contribution in [3.05, 3.63) is 42.5 Å². The fourth-order valence-corrected chi connectivity index (χ4v) is 1.52. The molecule has 0 bridgehead atoms. The van der Waals surface area contributed by atoms with E-state index < -0.39 is 0 Å². The van der Waals surface area contributed by atoms with Crippen molar-refractivity contribution in [1.82, 2.24) is 10.6 Å². The van der Waals surface area contributed by atoms with Gasteiger partial charge in [0.1, 0.15) is 12.4 Å². The Kier molecular flexibility index (Phi) is 7.91. The first-order valence-corrected chi connectivity index (χ1v) is 6.56. The Bertz CT molecular complexity index is 416. The lowest BCUT2D eigenvalue weighted by Gasteiger charge is -2.11. The average molecular weight is 277 g/mol. The van der Waals surface area contributed by atoms with Gasteiger partial charge in [-0.15, -0.1) is 6.58 Å². The maximum Gasteiger partial charge on any atom is 0.191 e. The van der Waals surface area contributed by atoms with Crippen molar-refractivity contribution < 1.29 is 9.47 Å². The molecule has 0 aliphatic rings. The molecule has 0 spiro atoms. The Hall–Kier alpha value is -2.01.